The van der Waals surface area contributed by atoms with Crippen LogP contribution in [0.1, 0.15) is 5.56 Å². The van der Waals surface area contributed by atoms with Crippen LogP contribution in [0, 0.1) is 6.92 Å². The molecule has 20 heavy (non-hydrogen) atoms. The Bertz CT molecular complexity index is 603. The van der Waals surface area contributed by atoms with Gasteiger partial charge in [-0.1, -0.05) is 35.9 Å². The molecule has 2 aromatic carbocycles. The third-order valence-electron chi connectivity index (χ3n) is 2.19. The van der Waals surface area contributed by atoms with E-state index < -0.39 is 10.0 Å². The third kappa shape index (κ3) is 6.74. The molecule has 4 nitrogen and oxygen atoms in total. The minimum absolute atomic E-state index is 0. The molecular formula is C13H15ClNNaO3S. The molecule has 104 valence electrons. The minimum atomic E-state index is -3.50. The molecule has 0 radical (unpaired) electrons. The van der Waals surface area contributed by atoms with E-state index in [0.29, 0.717) is 5.75 Å². The molecule has 2 rings (SSSR count). The summed E-state index contributed by atoms with van der Waals surface area (Å²) in [6, 6.07) is 15.1. The molecule has 0 spiro atoms. The topological polar surface area (TPSA) is 66.4 Å². The van der Waals surface area contributed by atoms with Crippen LogP contribution in [0.4, 0.5) is 0 Å². The van der Waals surface area contributed by atoms with Crippen LogP contribution in [0.2, 0.25) is 0 Å². The normalized spacial score (nSPS) is 9.90. The van der Waals surface area contributed by atoms with Crippen LogP contribution in [0.25, 0.3) is 0 Å². The van der Waals surface area contributed by atoms with Gasteiger partial charge in [-0.2, -0.15) is 0 Å². The van der Waals surface area contributed by atoms with Gasteiger partial charge in [0, 0.05) is 0 Å². The number of halogens is 1. The summed E-state index contributed by atoms with van der Waals surface area (Å²) in [5.41, 5.74) is 1.00. The van der Waals surface area contributed by atoms with Gasteiger partial charge in [-0.05, 0) is 43.0 Å². The first-order chi connectivity index (χ1) is 8.95. The molecule has 0 atom stereocenters. The summed E-state index contributed by atoms with van der Waals surface area (Å²) in [6.45, 7) is 1.88. The monoisotopic (exact) mass is 323 g/mol. The first-order valence-electron chi connectivity index (χ1n) is 5.39. The van der Waals surface area contributed by atoms with Gasteiger partial charge in [-0.3, -0.25) is 0 Å². The van der Waals surface area contributed by atoms with Gasteiger partial charge in [0.1, 0.15) is 5.75 Å². The number of rotatable bonds is 2. The Morgan fingerprint density at radius 2 is 1.50 bits per heavy atom. The van der Waals surface area contributed by atoms with Crippen LogP contribution in [0.15, 0.2) is 59.5 Å². The molecule has 0 heterocycles. The van der Waals surface area contributed by atoms with Crippen molar-refractivity contribution < 1.29 is 13.5 Å². The molecule has 7 heteroatoms. The predicted octanol–water partition coefficient (Wildman–Crippen LogP) is 2.17. The van der Waals surface area contributed by atoms with Crippen LogP contribution >= 0.6 is 11.8 Å². The quantitative estimate of drug-likeness (QED) is 0.657. The molecule has 0 bridgehead atoms. The van der Waals surface area contributed by atoms with E-state index in [-0.39, 0.29) is 34.5 Å². The number of hydrogen-bond donors (Lipinski definition) is 2. The number of sulfonamides is 1. The molecule has 0 aromatic heterocycles. The van der Waals surface area contributed by atoms with E-state index in [1.54, 1.807) is 40.6 Å². The zero-order valence-corrected chi connectivity index (χ0v) is 11.8. The van der Waals surface area contributed by atoms with Crippen LogP contribution in [-0.4, -0.2) is 43.1 Å². The zero-order chi connectivity index (χ0) is 14.3. The van der Waals surface area contributed by atoms with Gasteiger partial charge >= 0.3 is 29.6 Å². The second-order valence-electron chi connectivity index (χ2n) is 3.73. The fraction of sp³-hybridized carbons (Fsp3) is 0.0769. The Balaban J connectivity index is 0.000000387. The van der Waals surface area contributed by atoms with Crippen molar-refractivity contribution in [3.05, 3.63) is 60.2 Å². The van der Waals surface area contributed by atoms with Crippen molar-refractivity contribution in [2.45, 2.75) is 11.8 Å². The van der Waals surface area contributed by atoms with Gasteiger partial charge in [0.2, 0.25) is 0 Å². The first kappa shape index (κ1) is 19.4. The van der Waals surface area contributed by atoms with E-state index in [4.69, 9.17) is 16.9 Å². The number of para-hydroxylation sites is 1. The van der Waals surface area contributed by atoms with Gasteiger partial charge in [-0.25, -0.2) is 8.42 Å². The van der Waals surface area contributed by atoms with Crippen LogP contribution in [0.5, 0.6) is 5.75 Å². The van der Waals surface area contributed by atoms with Crippen molar-refractivity contribution in [2.75, 3.05) is 0 Å². The van der Waals surface area contributed by atoms with E-state index in [1.165, 1.54) is 12.1 Å². The number of nitrogens with one attached hydrogen (secondary N) is 1. The fourth-order valence-electron chi connectivity index (χ4n) is 1.19. The average molecular weight is 324 g/mol. The third-order valence-corrected chi connectivity index (χ3v) is 3.89. The van der Waals surface area contributed by atoms with Gasteiger partial charge in [0.05, 0.1) is 4.90 Å². The number of benzene rings is 2. The van der Waals surface area contributed by atoms with Crippen molar-refractivity contribution >= 4 is 51.4 Å². The molecule has 0 aliphatic rings. The summed E-state index contributed by atoms with van der Waals surface area (Å²) in [4.78, 5) is 0.170. The second-order valence-corrected chi connectivity index (χ2v) is 5.82. The maximum atomic E-state index is 11.1. The molecular weight excluding hydrogens is 309 g/mol. The molecule has 0 unspecified atom stereocenters. The molecule has 0 amide bonds. The van der Waals surface area contributed by atoms with Crippen molar-refractivity contribution in [3.63, 3.8) is 0 Å². The predicted molar refractivity (Wildman–Crippen MR) is 82.6 cm³/mol. The Labute approximate surface area is 146 Å². The van der Waals surface area contributed by atoms with Crippen LogP contribution < -0.4 is 4.24 Å². The summed E-state index contributed by atoms with van der Waals surface area (Å²) in [7, 11) is -3.50. The summed E-state index contributed by atoms with van der Waals surface area (Å²) < 4.78 is 23.9. The number of phenolic OH excluding ortho intramolecular Hbond substituents is 1. The Hall–Kier alpha value is -0.560. The SMILES string of the molecule is Cc1ccc(S(=O)(=O)NCl)cc1.Oc1ccccc1.[NaH]. The van der Waals surface area contributed by atoms with Crippen LogP contribution in [-0.2, 0) is 10.0 Å². The fourth-order valence-corrected chi connectivity index (χ4v) is 2.04. The molecule has 0 aliphatic heterocycles. The number of hydrogen-bond acceptors (Lipinski definition) is 3. The number of aryl methyl sites for hydroxylation is 1. The molecule has 0 fully saturated rings. The first-order valence-corrected chi connectivity index (χ1v) is 7.25. The zero-order valence-electron chi connectivity index (χ0n) is 10.2. The Morgan fingerprint density at radius 3 is 1.85 bits per heavy atom. The van der Waals surface area contributed by atoms with Crippen molar-refractivity contribution in [1.82, 2.24) is 4.24 Å². The summed E-state index contributed by atoms with van der Waals surface area (Å²) in [5, 5.41) is 8.63. The maximum absolute atomic E-state index is 11.1. The van der Waals surface area contributed by atoms with Crippen molar-refractivity contribution in [1.29, 1.82) is 0 Å². The summed E-state index contributed by atoms with van der Waals surface area (Å²) in [5.74, 6) is 0.322. The van der Waals surface area contributed by atoms with E-state index >= 15 is 0 Å². The van der Waals surface area contributed by atoms with Gasteiger partial charge < -0.3 is 5.11 Å². The number of phenols is 1. The summed E-state index contributed by atoms with van der Waals surface area (Å²) >= 11 is 5.03. The molecule has 0 aliphatic carbocycles. The van der Waals surface area contributed by atoms with Gasteiger partial charge in [0.25, 0.3) is 10.0 Å². The average Bonchev–Trinajstić information content (AvgIpc) is 2.41. The van der Waals surface area contributed by atoms with E-state index in [2.05, 4.69) is 0 Å². The van der Waals surface area contributed by atoms with Crippen molar-refractivity contribution in [3.8, 4) is 5.75 Å². The van der Waals surface area contributed by atoms with Crippen molar-refractivity contribution in [2.24, 2.45) is 0 Å². The summed E-state index contributed by atoms with van der Waals surface area (Å²) in [6.07, 6.45) is 0. The van der Waals surface area contributed by atoms with E-state index in [1.807, 2.05) is 13.0 Å². The van der Waals surface area contributed by atoms with Gasteiger partial charge in [0.15, 0.2) is 0 Å². The number of aromatic hydroxyl groups is 1. The molecule has 2 aromatic rings. The van der Waals surface area contributed by atoms with Crippen LogP contribution in [0.3, 0.4) is 0 Å². The standard InChI is InChI=1S/C7H8ClNO2S.C6H6O.Na.H/c1-6-2-4-7(5-3-6)12(10,11)9-8;7-6-4-2-1-3-5-6;;/h2-5,9H,1H3;1-5,7H;;. The Morgan fingerprint density at radius 1 is 1.00 bits per heavy atom. The molecule has 0 saturated carbocycles. The Kier molecular flexibility index (Phi) is 9.13. The molecule has 2 N–H and O–H groups in total. The molecule has 0 saturated heterocycles. The van der Waals surface area contributed by atoms with E-state index in [9.17, 15) is 8.42 Å². The van der Waals surface area contributed by atoms with E-state index in [0.717, 1.165) is 5.56 Å². The second kappa shape index (κ2) is 9.39. The van der Waals surface area contributed by atoms with Gasteiger partial charge in [-0.15, -0.1) is 4.24 Å².